The Bertz CT molecular complexity index is 978. The summed E-state index contributed by atoms with van der Waals surface area (Å²) in [6, 6.07) is 11.3. The van der Waals surface area contributed by atoms with Gasteiger partial charge in [-0.25, -0.2) is 9.78 Å². The third-order valence-corrected chi connectivity index (χ3v) is 5.91. The molecule has 140 valence electrons. The molecule has 0 radical (unpaired) electrons. The zero-order valence-corrected chi connectivity index (χ0v) is 15.6. The van der Waals surface area contributed by atoms with Gasteiger partial charge in [-0.2, -0.15) is 0 Å². The molecule has 3 aromatic rings. The minimum absolute atomic E-state index is 0.212. The van der Waals surface area contributed by atoms with E-state index in [9.17, 15) is 14.7 Å². The molecule has 8 heteroatoms. The second kappa shape index (κ2) is 6.70. The van der Waals surface area contributed by atoms with E-state index < -0.39 is 11.4 Å². The molecule has 2 aromatic heterocycles. The lowest BCUT2D eigenvalue weighted by molar-refractivity contribution is -0.147. The number of carboxylic acids is 1. The van der Waals surface area contributed by atoms with Crippen molar-refractivity contribution >= 4 is 33.6 Å². The van der Waals surface area contributed by atoms with E-state index in [2.05, 4.69) is 10.3 Å². The Kier molecular flexibility index (Phi) is 4.35. The number of rotatable bonds is 4. The highest BCUT2D eigenvalue weighted by molar-refractivity contribution is 7.21. The second-order valence-electron chi connectivity index (χ2n) is 6.95. The van der Waals surface area contributed by atoms with E-state index in [0.717, 1.165) is 15.2 Å². The Hall–Kier alpha value is -2.87. The van der Waals surface area contributed by atoms with Crippen LogP contribution >= 0.6 is 11.3 Å². The molecule has 0 aliphatic carbocycles. The standard InChI is InChI=1S/C19H19N3O4S/c1-19(17(23)24)8-9-22(11-19)18(25)20-10-12-6-7-14(26-12)16-21-13-4-2-3-5-15(13)27-16/h2-7H,8-11H2,1H3,(H,20,25)(H,23,24). The summed E-state index contributed by atoms with van der Waals surface area (Å²) in [7, 11) is 0. The maximum atomic E-state index is 12.3. The highest BCUT2D eigenvalue weighted by Gasteiger charge is 2.42. The van der Waals surface area contributed by atoms with E-state index in [1.54, 1.807) is 18.3 Å². The van der Waals surface area contributed by atoms with Crippen LogP contribution in [0.2, 0.25) is 0 Å². The van der Waals surface area contributed by atoms with Gasteiger partial charge < -0.3 is 19.7 Å². The second-order valence-corrected chi connectivity index (χ2v) is 7.98. The lowest BCUT2D eigenvalue weighted by Crippen LogP contribution is -2.40. The summed E-state index contributed by atoms with van der Waals surface area (Å²) in [6.07, 6.45) is 0.457. The normalized spacial score (nSPS) is 19.5. The molecule has 0 spiro atoms. The third kappa shape index (κ3) is 3.40. The molecule has 1 aliphatic heterocycles. The minimum atomic E-state index is -0.873. The van der Waals surface area contributed by atoms with Crippen molar-refractivity contribution in [3.63, 3.8) is 0 Å². The van der Waals surface area contributed by atoms with Gasteiger partial charge in [0.15, 0.2) is 10.8 Å². The number of urea groups is 1. The molecule has 3 heterocycles. The number of aliphatic carboxylic acids is 1. The van der Waals surface area contributed by atoms with Crippen LogP contribution in [0, 0.1) is 5.41 Å². The van der Waals surface area contributed by atoms with E-state index in [1.165, 1.54) is 4.90 Å². The molecule has 2 amide bonds. The minimum Gasteiger partial charge on any atom is -0.481 e. The van der Waals surface area contributed by atoms with Crippen LogP contribution in [0.1, 0.15) is 19.1 Å². The smallest absolute Gasteiger partial charge is 0.317 e. The predicted octanol–water partition coefficient (Wildman–Crippen LogP) is 3.56. The Balaban J connectivity index is 1.38. The molecule has 1 fully saturated rings. The number of nitrogens with one attached hydrogen (secondary N) is 1. The van der Waals surface area contributed by atoms with Crippen LogP contribution in [0.5, 0.6) is 0 Å². The van der Waals surface area contributed by atoms with Gasteiger partial charge in [0.1, 0.15) is 5.76 Å². The van der Waals surface area contributed by atoms with E-state index in [-0.39, 0.29) is 19.1 Å². The number of aromatic nitrogens is 1. The number of likely N-dealkylation sites (tertiary alicyclic amines) is 1. The van der Waals surface area contributed by atoms with Crippen LogP contribution in [-0.4, -0.2) is 40.1 Å². The first-order chi connectivity index (χ1) is 12.9. The van der Waals surface area contributed by atoms with Crippen molar-refractivity contribution < 1.29 is 19.1 Å². The number of carboxylic acid groups (broad SMARTS) is 1. The van der Waals surface area contributed by atoms with Crippen LogP contribution in [0.3, 0.4) is 0 Å². The summed E-state index contributed by atoms with van der Waals surface area (Å²) in [5, 5.41) is 12.9. The van der Waals surface area contributed by atoms with E-state index >= 15 is 0 Å². The van der Waals surface area contributed by atoms with Crippen molar-refractivity contribution in [2.75, 3.05) is 13.1 Å². The summed E-state index contributed by atoms with van der Waals surface area (Å²) in [5.41, 5.74) is 0.0569. The fourth-order valence-corrected chi connectivity index (χ4v) is 4.08. The van der Waals surface area contributed by atoms with Crippen LogP contribution in [0.25, 0.3) is 21.0 Å². The summed E-state index contributed by atoms with van der Waals surface area (Å²) in [5.74, 6) is 0.419. The van der Waals surface area contributed by atoms with Gasteiger partial charge in [-0.1, -0.05) is 12.1 Å². The monoisotopic (exact) mass is 385 g/mol. The van der Waals surface area contributed by atoms with E-state index in [4.69, 9.17) is 4.42 Å². The first-order valence-corrected chi connectivity index (χ1v) is 9.47. The molecular formula is C19H19N3O4S. The summed E-state index contributed by atoms with van der Waals surface area (Å²) < 4.78 is 6.90. The van der Waals surface area contributed by atoms with Gasteiger partial charge in [0, 0.05) is 13.1 Å². The molecule has 1 atom stereocenters. The van der Waals surface area contributed by atoms with Crippen molar-refractivity contribution in [2.45, 2.75) is 19.9 Å². The number of carbonyl (C=O) groups is 2. The van der Waals surface area contributed by atoms with Crippen molar-refractivity contribution in [3.8, 4) is 10.8 Å². The zero-order chi connectivity index (χ0) is 19.0. The fourth-order valence-electron chi connectivity index (χ4n) is 3.15. The molecule has 27 heavy (non-hydrogen) atoms. The van der Waals surface area contributed by atoms with Crippen LogP contribution in [-0.2, 0) is 11.3 Å². The number of fused-ring (bicyclic) bond motifs is 1. The Morgan fingerprint density at radius 3 is 2.89 bits per heavy atom. The summed E-state index contributed by atoms with van der Waals surface area (Å²) in [4.78, 5) is 29.7. The largest absolute Gasteiger partial charge is 0.481 e. The Morgan fingerprint density at radius 2 is 2.15 bits per heavy atom. The highest BCUT2D eigenvalue weighted by Crippen LogP contribution is 2.32. The molecular weight excluding hydrogens is 366 g/mol. The quantitative estimate of drug-likeness (QED) is 0.716. The number of para-hydroxylation sites is 1. The zero-order valence-electron chi connectivity index (χ0n) is 14.8. The molecule has 4 rings (SSSR count). The number of benzene rings is 1. The molecule has 0 bridgehead atoms. The summed E-state index contributed by atoms with van der Waals surface area (Å²) in [6.45, 7) is 2.55. The van der Waals surface area contributed by atoms with Crippen LogP contribution in [0.4, 0.5) is 4.79 Å². The van der Waals surface area contributed by atoms with Gasteiger partial charge >= 0.3 is 12.0 Å². The topological polar surface area (TPSA) is 95.7 Å². The Morgan fingerprint density at radius 1 is 1.33 bits per heavy atom. The molecule has 2 N–H and O–H groups in total. The molecule has 1 aliphatic rings. The average Bonchev–Trinajstić information content (AvgIpc) is 3.37. The number of thiazole rings is 1. The van der Waals surface area contributed by atoms with Crippen LogP contribution < -0.4 is 5.32 Å². The van der Waals surface area contributed by atoms with Crippen molar-refractivity contribution in [1.82, 2.24) is 15.2 Å². The molecule has 0 saturated carbocycles. The number of nitrogens with zero attached hydrogens (tertiary/aromatic N) is 2. The molecule has 1 unspecified atom stereocenters. The van der Waals surface area contributed by atoms with Crippen LogP contribution in [0.15, 0.2) is 40.8 Å². The average molecular weight is 385 g/mol. The van der Waals surface area contributed by atoms with Gasteiger partial charge in [0.2, 0.25) is 0 Å². The molecule has 1 saturated heterocycles. The number of carbonyl (C=O) groups excluding carboxylic acids is 1. The predicted molar refractivity (Wildman–Crippen MR) is 101 cm³/mol. The number of furan rings is 1. The van der Waals surface area contributed by atoms with Gasteiger partial charge in [-0.3, -0.25) is 4.79 Å². The van der Waals surface area contributed by atoms with Crippen molar-refractivity contribution in [1.29, 1.82) is 0 Å². The first kappa shape index (κ1) is 17.5. The van der Waals surface area contributed by atoms with Crippen molar-refractivity contribution in [2.24, 2.45) is 5.41 Å². The maximum absolute atomic E-state index is 12.3. The van der Waals surface area contributed by atoms with Gasteiger partial charge in [-0.05, 0) is 37.6 Å². The molecule has 1 aromatic carbocycles. The SMILES string of the molecule is CC1(C(=O)O)CCN(C(=O)NCc2ccc(-c3nc4ccccc4s3)o2)C1. The van der Waals surface area contributed by atoms with Gasteiger partial charge in [0.05, 0.1) is 22.2 Å². The number of hydrogen-bond acceptors (Lipinski definition) is 5. The lowest BCUT2D eigenvalue weighted by atomic mass is 9.90. The molecule has 7 nitrogen and oxygen atoms in total. The first-order valence-electron chi connectivity index (χ1n) is 8.65. The Labute approximate surface area is 159 Å². The maximum Gasteiger partial charge on any atom is 0.317 e. The van der Waals surface area contributed by atoms with E-state index in [1.807, 2.05) is 36.4 Å². The highest BCUT2D eigenvalue weighted by atomic mass is 32.1. The van der Waals surface area contributed by atoms with Crippen molar-refractivity contribution in [3.05, 3.63) is 42.2 Å². The number of hydrogen-bond donors (Lipinski definition) is 2. The summed E-state index contributed by atoms with van der Waals surface area (Å²) >= 11 is 1.55. The number of amides is 2. The van der Waals surface area contributed by atoms with Gasteiger partial charge in [-0.15, -0.1) is 11.3 Å². The van der Waals surface area contributed by atoms with E-state index in [0.29, 0.717) is 24.5 Å². The fraction of sp³-hybridized carbons (Fsp3) is 0.316. The third-order valence-electron chi connectivity index (χ3n) is 4.86. The van der Waals surface area contributed by atoms with Gasteiger partial charge in [0.25, 0.3) is 0 Å². The lowest BCUT2D eigenvalue weighted by Gasteiger charge is -2.20.